The first kappa shape index (κ1) is 22.1. The van der Waals surface area contributed by atoms with Gasteiger partial charge in [-0.25, -0.2) is 4.79 Å². The van der Waals surface area contributed by atoms with Gasteiger partial charge in [-0.05, 0) is 62.4 Å². The number of benzene rings is 1. The number of rotatable bonds is 3. The van der Waals surface area contributed by atoms with E-state index in [-0.39, 0.29) is 0 Å². The SMILES string of the molecule is CN1[C@@H]2CC[C@H]1C[C@@H](Nc1ccc(-c3ccc4cc[nH]c4c3)nc1)C2.O=C(O)C(F)(F)F. The third kappa shape index (κ3) is 4.88. The third-order valence-corrected chi connectivity index (χ3v) is 6.33. The van der Waals surface area contributed by atoms with Crippen LogP contribution in [0.5, 0.6) is 0 Å². The van der Waals surface area contributed by atoms with Crippen molar-refractivity contribution in [3.05, 3.63) is 48.8 Å². The molecule has 1 aromatic carbocycles. The predicted octanol–water partition coefficient (Wildman–Crippen LogP) is 4.90. The van der Waals surface area contributed by atoms with Gasteiger partial charge in [-0.15, -0.1) is 0 Å². The fraction of sp³-hybridized carbons (Fsp3) is 0.391. The zero-order chi connectivity index (χ0) is 22.9. The molecule has 0 radical (unpaired) electrons. The number of aliphatic carboxylic acids is 1. The minimum absolute atomic E-state index is 0.580. The first-order valence-electron chi connectivity index (χ1n) is 10.5. The summed E-state index contributed by atoms with van der Waals surface area (Å²) in [6.07, 6.45) is 4.09. The lowest BCUT2D eigenvalue weighted by atomic mass is 9.98. The highest BCUT2D eigenvalue weighted by molar-refractivity contribution is 5.84. The number of anilines is 1. The molecule has 0 spiro atoms. The topological polar surface area (TPSA) is 81.2 Å². The summed E-state index contributed by atoms with van der Waals surface area (Å²) < 4.78 is 31.7. The molecular formula is C23H25F3N4O2. The summed E-state index contributed by atoms with van der Waals surface area (Å²) in [5.74, 6) is -2.76. The van der Waals surface area contributed by atoms with E-state index < -0.39 is 12.1 Å². The van der Waals surface area contributed by atoms with Crippen molar-refractivity contribution in [2.24, 2.45) is 0 Å². The second-order valence-electron chi connectivity index (χ2n) is 8.38. The van der Waals surface area contributed by atoms with Crippen molar-refractivity contribution in [3.63, 3.8) is 0 Å². The van der Waals surface area contributed by atoms with Crippen LogP contribution in [0.4, 0.5) is 18.9 Å². The normalized spacial score (nSPS) is 22.9. The summed E-state index contributed by atoms with van der Waals surface area (Å²) >= 11 is 0. The third-order valence-electron chi connectivity index (χ3n) is 6.33. The fourth-order valence-corrected chi connectivity index (χ4v) is 4.62. The summed E-state index contributed by atoms with van der Waals surface area (Å²) in [5.41, 5.74) is 4.46. The Balaban J connectivity index is 0.000000307. The molecule has 0 unspecified atom stereocenters. The predicted molar refractivity (Wildman–Crippen MR) is 116 cm³/mol. The number of halogens is 3. The van der Waals surface area contributed by atoms with Gasteiger partial charge < -0.3 is 20.3 Å². The highest BCUT2D eigenvalue weighted by Gasteiger charge is 2.39. The molecule has 0 saturated carbocycles. The van der Waals surface area contributed by atoms with Gasteiger partial charge in [0.25, 0.3) is 0 Å². The maximum atomic E-state index is 10.6. The van der Waals surface area contributed by atoms with Crippen LogP contribution in [0.2, 0.25) is 0 Å². The first-order chi connectivity index (χ1) is 15.2. The van der Waals surface area contributed by atoms with Gasteiger partial charge in [-0.2, -0.15) is 13.2 Å². The zero-order valence-corrected chi connectivity index (χ0v) is 17.6. The van der Waals surface area contributed by atoms with E-state index in [1.54, 1.807) is 0 Å². The van der Waals surface area contributed by atoms with Gasteiger partial charge in [0.15, 0.2) is 0 Å². The number of nitrogens with zero attached hydrogens (tertiary/aromatic N) is 2. The lowest BCUT2D eigenvalue weighted by molar-refractivity contribution is -0.192. The molecule has 2 aliphatic heterocycles. The molecule has 6 nitrogen and oxygen atoms in total. The van der Waals surface area contributed by atoms with E-state index in [9.17, 15) is 13.2 Å². The van der Waals surface area contributed by atoms with Gasteiger partial charge in [-0.1, -0.05) is 12.1 Å². The smallest absolute Gasteiger partial charge is 0.475 e. The van der Waals surface area contributed by atoms with Gasteiger partial charge >= 0.3 is 12.1 Å². The number of piperidine rings is 1. The molecule has 0 aliphatic carbocycles. The minimum Gasteiger partial charge on any atom is -0.475 e. The van der Waals surface area contributed by atoms with Gasteiger partial charge in [0.2, 0.25) is 0 Å². The Kier molecular flexibility index (Phi) is 6.10. The molecule has 2 bridgehead atoms. The molecule has 4 heterocycles. The Morgan fingerprint density at radius 3 is 2.44 bits per heavy atom. The molecule has 3 N–H and O–H groups in total. The van der Waals surface area contributed by atoms with E-state index in [1.807, 2.05) is 12.4 Å². The number of aromatic nitrogens is 2. The average molecular weight is 446 g/mol. The molecule has 3 aromatic rings. The number of pyridine rings is 1. The summed E-state index contributed by atoms with van der Waals surface area (Å²) in [4.78, 5) is 19.4. The highest BCUT2D eigenvalue weighted by atomic mass is 19.4. The molecule has 2 aromatic heterocycles. The van der Waals surface area contributed by atoms with Crippen molar-refractivity contribution in [1.82, 2.24) is 14.9 Å². The summed E-state index contributed by atoms with van der Waals surface area (Å²) in [5, 5.41) is 12.1. The summed E-state index contributed by atoms with van der Waals surface area (Å²) in [6, 6.07) is 14.9. The Morgan fingerprint density at radius 2 is 1.84 bits per heavy atom. The van der Waals surface area contributed by atoms with Crippen molar-refractivity contribution in [1.29, 1.82) is 0 Å². The fourth-order valence-electron chi connectivity index (χ4n) is 4.62. The number of hydrogen-bond acceptors (Lipinski definition) is 4. The molecule has 5 rings (SSSR count). The number of fused-ring (bicyclic) bond motifs is 3. The second kappa shape index (κ2) is 8.82. The maximum absolute atomic E-state index is 10.6. The standard InChI is InChI=1S/C21H24N4.C2HF3O2/c1-25-18-5-6-19(25)12-17(11-18)24-16-4-7-20(23-13-16)15-3-2-14-8-9-22-21(14)10-15;3-2(4,5)1(6)7/h2-4,7-10,13,17-19,22,24H,5-6,11-12H2,1H3;(H,6,7)/t17-,18+,19-;. The van der Waals surface area contributed by atoms with Crippen LogP contribution >= 0.6 is 0 Å². The number of aromatic amines is 1. The Morgan fingerprint density at radius 1 is 1.16 bits per heavy atom. The summed E-state index contributed by atoms with van der Waals surface area (Å²) in [6.45, 7) is 0. The van der Waals surface area contributed by atoms with Gasteiger partial charge in [-0.3, -0.25) is 4.98 Å². The zero-order valence-electron chi connectivity index (χ0n) is 17.6. The number of hydrogen-bond donors (Lipinski definition) is 3. The van der Waals surface area contributed by atoms with Crippen molar-refractivity contribution in [2.75, 3.05) is 12.4 Å². The van der Waals surface area contributed by atoms with E-state index >= 15 is 0 Å². The largest absolute Gasteiger partial charge is 0.490 e. The van der Waals surface area contributed by atoms with Crippen molar-refractivity contribution in [2.45, 2.75) is 50.0 Å². The quantitative estimate of drug-likeness (QED) is 0.533. The van der Waals surface area contributed by atoms with Crippen LogP contribution in [-0.4, -0.2) is 57.3 Å². The van der Waals surface area contributed by atoms with Gasteiger partial charge in [0, 0.05) is 35.4 Å². The number of nitrogens with one attached hydrogen (secondary N) is 2. The molecule has 9 heteroatoms. The number of carboxylic acid groups (broad SMARTS) is 1. The maximum Gasteiger partial charge on any atom is 0.490 e. The van der Waals surface area contributed by atoms with Gasteiger partial charge in [0.05, 0.1) is 17.6 Å². The number of H-pyrrole nitrogens is 1. The Hall–Kier alpha value is -3.07. The van der Waals surface area contributed by atoms with Crippen LogP contribution < -0.4 is 5.32 Å². The molecule has 2 aliphatic rings. The average Bonchev–Trinajstić information content (AvgIpc) is 3.28. The number of alkyl halides is 3. The van der Waals surface area contributed by atoms with Crippen LogP contribution in [-0.2, 0) is 4.79 Å². The molecule has 0 amide bonds. The number of carboxylic acids is 1. The van der Waals surface area contributed by atoms with Crippen LogP contribution in [0.3, 0.4) is 0 Å². The van der Waals surface area contributed by atoms with Crippen LogP contribution in [0.15, 0.2) is 48.8 Å². The number of carbonyl (C=O) groups is 1. The van der Waals surface area contributed by atoms with Gasteiger partial charge in [0.1, 0.15) is 0 Å². The van der Waals surface area contributed by atoms with Crippen molar-refractivity contribution in [3.8, 4) is 11.3 Å². The molecule has 3 atom stereocenters. The molecular weight excluding hydrogens is 421 g/mol. The van der Waals surface area contributed by atoms with E-state index in [1.165, 1.54) is 31.1 Å². The molecule has 2 fully saturated rings. The Labute approximate surface area is 183 Å². The Bertz CT molecular complexity index is 1070. The van der Waals surface area contributed by atoms with Crippen LogP contribution in [0, 0.1) is 0 Å². The van der Waals surface area contributed by atoms with E-state index in [2.05, 4.69) is 63.6 Å². The molecule has 32 heavy (non-hydrogen) atoms. The monoisotopic (exact) mass is 446 g/mol. The second-order valence-corrected chi connectivity index (χ2v) is 8.38. The minimum atomic E-state index is -5.08. The van der Waals surface area contributed by atoms with Crippen molar-refractivity contribution >= 4 is 22.6 Å². The van der Waals surface area contributed by atoms with E-state index in [0.717, 1.165) is 34.5 Å². The first-order valence-corrected chi connectivity index (χ1v) is 10.5. The molecule has 2 saturated heterocycles. The van der Waals surface area contributed by atoms with Crippen molar-refractivity contribution < 1.29 is 23.1 Å². The van der Waals surface area contributed by atoms with Crippen LogP contribution in [0.1, 0.15) is 25.7 Å². The summed E-state index contributed by atoms with van der Waals surface area (Å²) in [7, 11) is 2.29. The van der Waals surface area contributed by atoms with Crippen LogP contribution in [0.25, 0.3) is 22.2 Å². The molecule has 170 valence electrons. The highest BCUT2D eigenvalue weighted by Crippen LogP contribution is 2.35. The lowest BCUT2D eigenvalue weighted by Crippen LogP contribution is -2.44. The van der Waals surface area contributed by atoms with E-state index in [0.29, 0.717) is 6.04 Å². The van der Waals surface area contributed by atoms with E-state index in [4.69, 9.17) is 9.90 Å². The lowest BCUT2D eigenvalue weighted by Gasteiger charge is -2.37.